The molecule has 5 heteroatoms. The minimum absolute atomic E-state index is 0.591. The van der Waals surface area contributed by atoms with E-state index in [1.807, 2.05) is 0 Å². The number of nitrogens with one attached hydrogen (secondary N) is 2. The molecular formula is C14H24N4S. The Morgan fingerprint density at radius 1 is 1.21 bits per heavy atom. The maximum absolute atomic E-state index is 4.27. The fourth-order valence-electron chi connectivity index (χ4n) is 3.51. The Hall–Kier alpha value is -0.680. The average molecular weight is 280 g/mol. The van der Waals surface area contributed by atoms with E-state index in [4.69, 9.17) is 0 Å². The first-order chi connectivity index (χ1) is 9.36. The highest BCUT2D eigenvalue weighted by Gasteiger charge is 2.34. The van der Waals surface area contributed by atoms with E-state index < -0.39 is 0 Å². The second-order valence-corrected chi connectivity index (χ2v) is 6.82. The second-order valence-electron chi connectivity index (χ2n) is 5.76. The molecule has 0 aromatic carbocycles. The maximum Gasteiger partial charge on any atom is 0.205 e. The van der Waals surface area contributed by atoms with E-state index in [1.54, 1.807) is 11.3 Å². The van der Waals surface area contributed by atoms with Crippen LogP contribution in [0.4, 0.5) is 5.13 Å². The number of hydrogen-bond donors (Lipinski definition) is 2. The van der Waals surface area contributed by atoms with Crippen molar-refractivity contribution in [2.45, 2.75) is 64.0 Å². The summed E-state index contributed by atoms with van der Waals surface area (Å²) in [6, 6.07) is 1.31. The second kappa shape index (κ2) is 6.18. The Morgan fingerprint density at radius 3 is 2.89 bits per heavy atom. The first kappa shape index (κ1) is 13.3. The van der Waals surface area contributed by atoms with Gasteiger partial charge in [0.05, 0.1) is 0 Å². The van der Waals surface area contributed by atoms with E-state index in [0.29, 0.717) is 12.1 Å². The fraction of sp³-hybridized carbons (Fsp3) is 0.857. The number of aryl methyl sites for hydroxylation is 1. The van der Waals surface area contributed by atoms with E-state index in [2.05, 4.69) is 27.8 Å². The molecule has 1 aromatic rings. The van der Waals surface area contributed by atoms with Gasteiger partial charge in [0, 0.05) is 12.1 Å². The zero-order chi connectivity index (χ0) is 13.1. The Morgan fingerprint density at radius 2 is 2.16 bits per heavy atom. The summed E-state index contributed by atoms with van der Waals surface area (Å²) in [4.78, 5) is 0. The van der Waals surface area contributed by atoms with Gasteiger partial charge in [-0.25, -0.2) is 0 Å². The van der Waals surface area contributed by atoms with Gasteiger partial charge in [0.1, 0.15) is 5.01 Å². The highest BCUT2D eigenvalue weighted by atomic mass is 32.1. The smallest absolute Gasteiger partial charge is 0.205 e. The van der Waals surface area contributed by atoms with Gasteiger partial charge in [-0.1, -0.05) is 31.1 Å². The minimum Gasteiger partial charge on any atom is -0.357 e. The Balaban J connectivity index is 1.62. The summed E-state index contributed by atoms with van der Waals surface area (Å²) in [6.07, 6.45) is 9.05. The third-order valence-corrected chi connectivity index (χ3v) is 5.51. The van der Waals surface area contributed by atoms with Crippen LogP contribution >= 0.6 is 11.3 Å². The van der Waals surface area contributed by atoms with Gasteiger partial charge in [0.15, 0.2) is 0 Å². The maximum atomic E-state index is 4.27. The van der Waals surface area contributed by atoms with Crippen molar-refractivity contribution in [1.29, 1.82) is 0 Å². The molecule has 1 saturated carbocycles. The van der Waals surface area contributed by atoms with Gasteiger partial charge in [0.2, 0.25) is 5.13 Å². The molecule has 2 fully saturated rings. The van der Waals surface area contributed by atoms with Crippen LogP contribution in [0.2, 0.25) is 0 Å². The third kappa shape index (κ3) is 3.08. The van der Waals surface area contributed by atoms with Gasteiger partial charge in [-0.05, 0) is 44.6 Å². The van der Waals surface area contributed by atoms with Crippen molar-refractivity contribution < 1.29 is 0 Å². The largest absolute Gasteiger partial charge is 0.357 e. The number of aromatic nitrogens is 2. The first-order valence-electron chi connectivity index (χ1n) is 7.69. The lowest BCUT2D eigenvalue weighted by Gasteiger charge is -2.32. The number of rotatable bonds is 4. The molecule has 4 nitrogen and oxygen atoms in total. The minimum atomic E-state index is 0.591. The van der Waals surface area contributed by atoms with Crippen molar-refractivity contribution in [2.24, 2.45) is 5.92 Å². The number of nitrogens with zero attached hydrogens (tertiary/aromatic N) is 2. The molecule has 2 N–H and O–H groups in total. The highest BCUT2D eigenvalue weighted by Crippen LogP contribution is 2.34. The van der Waals surface area contributed by atoms with E-state index in [1.165, 1.54) is 45.1 Å². The van der Waals surface area contributed by atoms with Crippen molar-refractivity contribution >= 4 is 16.5 Å². The molecule has 0 radical (unpaired) electrons. The summed E-state index contributed by atoms with van der Waals surface area (Å²) >= 11 is 1.71. The fourth-order valence-corrected chi connectivity index (χ4v) is 4.25. The summed E-state index contributed by atoms with van der Waals surface area (Å²) < 4.78 is 0. The van der Waals surface area contributed by atoms with E-state index >= 15 is 0 Å². The van der Waals surface area contributed by atoms with Crippen molar-refractivity contribution in [3.63, 3.8) is 0 Å². The van der Waals surface area contributed by atoms with Crippen LogP contribution in [0.25, 0.3) is 0 Å². The van der Waals surface area contributed by atoms with Gasteiger partial charge in [-0.3, -0.25) is 0 Å². The van der Waals surface area contributed by atoms with Gasteiger partial charge in [-0.2, -0.15) is 0 Å². The molecule has 3 atom stereocenters. The van der Waals surface area contributed by atoms with Crippen molar-refractivity contribution in [1.82, 2.24) is 15.5 Å². The molecule has 1 saturated heterocycles. The van der Waals surface area contributed by atoms with Crippen molar-refractivity contribution in [3.05, 3.63) is 5.01 Å². The lowest BCUT2D eigenvalue weighted by Crippen LogP contribution is -2.44. The van der Waals surface area contributed by atoms with Crippen LogP contribution in [-0.2, 0) is 6.42 Å². The van der Waals surface area contributed by atoms with E-state index in [0.717, 1.165) is 22.5 Å². The normalized spacial score (nSPS) is 31.5. The molecule has 2 aliphatic rings. The monoisotopic (exact) mass is 280 g/mol. The Bertz CT molecular complexity index is 400. The van der Waals surface area contributed by atoms with Crippen LogP contribution in [0.1, 0.15) is 50.5 Å². The van der Waals surface area contributed by atoms with E-state index in [9.17, 15) is 0 Å². The van der Waals surface area contributed by atoms with Crippen LogP contribution in [0.15, 0.2) is 0 Å². The predicted molar refractivity (Wildman–Crippen MR) is 79.7 cm³/mol. The SMILES string of the molecule is CCc1nnc(NC2CCCC2C2CCCCN2)s1. The van der Waals surface area contributed by atoms with Gasteiger partial charge >= 0.3 is 0 Å². The third-order valence-electron chi connectivity index (χ3n) is 4.51. The van der Waals surface area contributed by atoms with Crippen LogP contribution < -0.4 is 10.6 Å². The summed E-state index contributed by atoms with van der Waals surface area (Å²) in [5.41, 5.74) is 0. The predicted octanol–water partition coefficient (Wildman–Crippen LogP) is 2.82. The number of piperidine rings is 1. The molecule has 3 rings (SSSR count). The molecule has 0 bridgehead atoms. The molecule has 106 valence electrons. The summed E-state index contributed by atoms with van der Waals surface area (Å²) in [5, 5.41) is 18.0. The molecule has 1 aliphatic heterocycles. The molecule has 0 spiro atoms. The zero-order valence-corrected chi connectivity index (χ0v) is 12.5. The van der Waals surface area contributed by atoms with Gasteiger partial charge < -0.3 is 10.6 Å². The quantitative estimate of drug-likeness (QED) is 0.890. The van der Waals surface area contributed by atoms with Crippen LogP contribution in [0, 0.1) is 5.92 Å². The standard InChI is InChI=1S/C14H24N4S/c1-2-13-17-18-14(19-13)16-12-8-5-6-10(12)11-7-3-4-9-15-11/h10-12,15H,2-9H2,1H3,(H,16,18). The molecule has 1 aromatic heterocycles. The zero-order valence-electron chi connectivity index (χ0n) is 11.7. The highest BCUT2D eigenvalue weighted by molar-refractivity contribution is 7.15. The molecule has 3 unspecified atom stereocenters. The average Bonchev–Trinajstić information content (AvgIpc) is 3.09. The molecular weight excluding hydrogens is 256 g/mol. The molecule has 0 amide bonds. The van der Waals surface area contributed by atoms with E-state index in [-0.39, 0.29) is 0 Å². The lowest BCUT2D eigenvalue weighted by molar-refractivity contribution is 0.286. The molecule has 2 heterocycles. The van der Waals surface area contributed by atoms with Crippen molar-refractivity contribution in [2.75, 3.05) is 11.9 Å². The van der Waals surface area contributed by atoms with Gasteiger partial charge in [-0.15, -0.1) is 10.2 Å². The summed E-state index contributed by atoms with van der Waals surface area (Å²) in [7, 11) is 0. The molecule has 19 heavy (non-hydrogen) atoms. The van der Waals surface area contributed by atoms with Crippen LogP contribution in [0.3, 0.4) is 0 Å². The lowest BCUT2D eigenvalue weighted by atomic mass is 9.88. The topological polar surface area (TPSA) is 49.8 Å². The Kier molecular flexibility index (Phi) is 4.33. The van der Waals surface area contributed by atoms with Crippen LogP contribution in [-0.4, -0.2) is 28.8 Å². The number of anilines is 1. The first-order valence-corrected chi connectivity index (χ1v) is 8.50. The van der Waals surface area contributed by atoms with Crippen molar-refractivity contribution in [3.8, 4) is 0 Å². The Labute approximate surface area is 119 Å². The summed E-state index contributed by atoms with van der Waals surface area (Å²) in [6.45, 7) is 3.33. The molecule has 1 aliphatic carbocycles. The number of hydrogen-bond acceptors (Lipinski definition) is 5. The van der Waals surface area contributed by atoms with Gasteiger partial charge in [0.25, 0.3) is 0 Å². The summed E-state index contributed by atoms with van der Waals surface area (Å²) in [5.74, 6) is 0.772. The van der Waals surface area contributed by atoms with Crippen LogP contribution in [0.5, 0.6) is 0 Å².